The highest BCUT2D eigenvalue weighted by atomic mass is 32.2. The van der Waals surface area contributed by atoms with Crippen molar-refractivity contribution in [1.29, 1.82) is 0 Å². The van der Waals surface area contributed by atoms with Crippen LogP contribution in [0.3, 0.4) is 0 Å². The summed E-state index contributed by atoms with van der Waals surface area (Å²) in [5.41, 5.74) is 0.782. The highest BCUT2D eigenvalue weighted by molar-refractivity contribution is 7.98. The fourth-order valence-corrected chi connectivity index (χ4v) is 2.63. The molecule has 3 aromatic rings. The van der Waals surface area contributed by atoms with E-state index in [0.29, 0.717) is 34.4 Å². The maximum atomic E-state index is 12.9. The Kier molecular flexibility index (Phi) is 4.76. The Hall–Kier alpha value is -2.15. The summed E-state index contributed by atoms with van der Waals surface area (Å²) in [6.07, 6.45) is 2.39. The van der Waals surface area contributed by atoms with Crippen LogP contribution in [-0.4, -0.2) is 15.1 Å². The van der Waals surface area contributed by atoms with Crippen molar-refractivity contribution in [3.63, 3.8) is 0 Å². The topological polar surface area (TPSA) is 65.0 Å². The first-order valence-corrected chi connectivity index (χ1v) is 8.25. The molecule has 0 amide bonds. The Morgan fingerprint density at radius 1 is 1.22 bits per heavy atom. The summed E-state index contributed by atoms with van der Waals surface area (Å²) in [5.74, 6) is 2.58. The van der Waals surface area contributed by atoms with Crippen molar-refractivity contribution >= 4 is 11.8 Å². The van der Waals surface area contributed by atoms with Gasteiger partial charge in [0.1, 0.15) is 5.82 Å². The van der Waals surface area contributed by atoms with Crippen LogP contribution >= 0.6 is 11.8 Å². The van der Waals surface area contributed by atoms with Gasteiger partial charge in [0.15, 0.2) is 11.6 Å². The monoisotopic (exact) mass is 333 g/mol. The summed E-state index contributed by atoms with van der Waals surface area (Å²) in [6, 6.07) is 6.09. The predicted molar refractivity (Wildman–Crippen MR) is 84.3 cm³/mol. The molecule has 0 aliphatic rings. The molecule has 0 spiro atoms. The highest BCUT2D eigenvalue weighted by Gasteiger charge is 2.11. The Labute approximate surface area is 137 Å². The number of halogens is 1. The van der Waals surface area contributed by atoms with E-state index >= 15 is 0 Å². The van der Waals surface area contributed by atoms with Gasteiger partial charge in [-0.25, -0.2) is 9.37 Å². The van der Waals surface area contributed by atoms with Crippen LogP contribution in [0, 0.1) is 11.7 Å². The van der Waals surface area contributed by atoms with Gasteiger partial charge in [0.05, 0.1) is 11.9 Å². The van der Waals surface area contributed by atoms with Gasteiger partial charge in [-0.05, 0) is 30.2 Å². The Balaban J connectivity index is 1.61. The summed E-state index contributed by atoms with van der Waals surface area (Å²) in [6.45, 7) is 4.20. The van der Waals surface area contributed by atoms with Gasteiger partial charge in [-0.1, -0.05) is 30.8 Å². The molecule has 0 bridgehead atoms. The molecular formula is C16H16FN3O2S. The van der Waals surface area contributed by atoms with Gasteiger partial charge in [-0.3, -0.25) is 0 Å². The number of rotatable bonds is 6. The lowest BCUT2D eigenvalue weighted by Gasteiger charge is -1.96. The van der Waals surface area contributed by atoms with Gasteiger partial charge in [-0.15, -0.1) is 0 Å². The van der Waals surface area contributed by atoms with Gasteiger partial charge >= 0.3 is 0 Å². The van der Waals surface area contributed by atoms with Gasteiger partial charge in [-0.2, -0.15) is 4.98 Å². The molecule has 7 heteroatoms. The summed E-state index contributed by atoms with van der Waals surface area (Å²) in [7, 11) is 0. The molecule has 0 fully saturated rings. The first kappa shape index (κ1) is 15.7. The number of hydrogen-bond donors (Lipinski definition) is 0. The SMILES string of the molecule is CC(C)Cc1nc(CSc2ncc(-c3ccc(F)cc3)o2)no1. The van der Waals surface area contributed by atoms with Crippen LogP contribution in [0.15, 0.2) is 44.6 Å². The largest absolute Gasteiger partial charge is 0.431 e. The minimum absolute atomic E-state index is 0.280. The van der Waals surface area contributed by atoms with Crippen LogP contribution in [0.4, 0.5) is 4.39 Å². The summed E-state index contributed by atoms with van der Waals surface area (Å²) >= 11 is 1.39. The molecule has 23 heavy (non-hydrogen) atoms. The van der Waals surface area contributed by atoms with Gasteiger partial charge in [0.25, 0.3) is 5.22 Å². The van der Waals surface area contributed by atoms with Crippen LogP contribution in [0.1, 0.15) is 25.6 Å². The lowest BCUT2D eigenvalue weighted by atomic mass is 10.1. The van der Waals surface area contributed by atoms with E-state index in [1.807, 2.05) is 0 Å². The molecule has 1 aromatic carbocycles. The standard InChI is InChI=1S/C16H16FN3O2S/c1-10(2)7-15-19-14(20-22-15)9-23-16-18-8-13(21-16)11-3-5-12(17)6-4-11/h3-6,8,10H,7,9H2,1-2H3. The minimum Gasteiger partial charge on any atom is -0.431 e. The van der Waals surface area contributed by atoms with Crippen LogP contribution < -0.4 is 0 Å². The van der Waals surface area contributed by atoms with E-state index in [1.165, 1.54) is 23.9 Å². The number of nitrogens with zero attached hydrogens (tertiary/aromatic N) is 3. The van der Waals surface area contributed by atoms with Gasteiger partial charge in [0, 0.05) is 12.0 Å². The lowest BCUT2D eigenvalue weighted by molar-refractivity contribution is 0.360. The van der Waals surface area contributed by atoms with Crippen molar-refractivity contribution in [3.05, 3.63) is 48.0 Å². The van der Waals surface area contributed by atoms with E-state index in [1.54, 1.807) is 18.3 Å². The zero-order chi connectivity index (χ0) is 16.2. The second-order valence-corrected chi connectivity index (χ2v) is 6.41. The van der Waals surface area contributed by atoms with Crippen LogP contribution in [0.25, 0.3) is 11.3 Å². The van der Waals surface area contributed by atoms with Crippen molar-refractivity contribution in [2.24, 2.45) is 5.92 Å². The zero-order valence-corrected chi connectivity index (χ0v) is 13.6. The maximum Gasteiger partial charge on any atom is 0.256 e. The molecule has 5 nitrogen and oxygen atoms in total. The number of hydrogen-bond acceptors (Lipinski definition) is 6. The second kappa shape index (κ2) is 6.95. The summed E-state index contributed by atoms with van der Waals surface area (Å²) in [5, 5.41) is 4.45. The van der Waals surface area contributed by atoms with Gasteiger partial charge in [0.2, 0.25) is 5.89 Å². The van der Waals surface area contributed by atoms with Crippen molar-refractivity contribution in [3.8, 4) is 11.3 Å². The molecule has 2 heterocycles. The number of oxazole rings is 1. The molecule has 2 aromatic heterocycles. The lowest BCUT2D eigenvalue weighted by Crippen LogP contribution is -1.94. The smallest absolute Gasteiger partial charge is 0.256 e. The first-order valence-electron chi connectivity index (χ1n) is 7.26. The van der Waals surface area contributed by atoms with E-state index < -0.39 is 0 Å². The first-order chi connectivity index (χ1) is 11.1. The molecule has 0 saturated heterocycles. The molecule has 0 saturated carbocycles. The summed E-state index contributed by atoms with van der Waals surface area (Å²) < 4.78 is 23.8. The normalized spacial score (nSPS) is 11.3. The molecule has 0 N–H and O–H groups in total. The molecular weight excluding hydrogens is 317 g/mol. The fourth-order valence-electron chi connectivity index (χ4n) is 1.98. The highest BCUT2D eigenvalue weighted by Crippen LogP contribution is 2.27. The van der Waals surface area contributed by atoms with Crippen LogP contribution in [-0.2, 0) is 12.2 Å². The predicted octanol–water partition coefficient (Wildman–Crippen LogP) is 4.35. The second-order valence-electron chi connectivity index (χ2n) is 5.49. The van der Waals surface area contributed by atoms with Crippen LogP contribution in [0.2, 0.25) is 0 Å². The molecule has 0 aliphatic carbocycles. The van der Waals surface area contributed by atoms with E-state index in [2.05, 4.69) is 29.0 Å². The molecule has 0 aliphatic heterocycles. The Morgan fingerprint density at radius 2 is 2.00 bits per heavy atom. The molecule has 120 valence electrons. The Bertz CT molecular complexity index is 768. The van der Waals surface area contributed by atoms with Crippen molar-refractivity contribution in [2.45, 2.75) is 31.2 Å². The average Bonchev–Trinajstić information content (AvgIpc) is 3.14. The molecule has 0 radical (unpaired) electrons. The van der Waals surface area contributed by atoms with Gasteiger partial charge < -0.3 is 8.94 Å². The Morgan fingerprint density at radius 3 is 2.74 bits per heavy atom. The van der Waals surface area contributed by atoms with E-state index in [4.69, 9.17) is 8.94 Å². The number of benzene rings is 1. The van der Waals surface area contributed by atoms with E-state index in [-0.39, 0.29) is 5.82 Å². The van der Waals surface area contributed by atoms with Crippen molar-refractivity contribution in [2.75, 3.05) is 0 Å². The fraction of sp³-hybridized carbons (Fsp3) is 0.312. The number of aromatic nitrogens is 3. The van der Waals surface area contributed by atoms with E-state index in [0.717, 1.165) is 12.0 Å². The quantitative estimate of drug-likeness (QED) is 0.625. The average molecular weight is 333 g/mol. The third-order valence-corrected chi connectivity index (χ3v) is 3.87. The maximum absolute atomic E-state index is 12.9. The third-order valence-electron chi connectivity index (χ3n) is 3.03. The minimum atomic E-state index is -0.280. The van der Waals surface area contributed by atoms with Crippen molar-refractivity contribution in [1.82, 2.24) is 15.1 Å². The van der Waals surface area contributed by atoms with Crippen LogP contribution in [0.5, 0.6) is 0 Å². The molecule has 0 atom stereocenters. The zero-order valence-electron chi connectivity index (χ0n) is 12.8. The van der Waals surface area contributed by atoms with Crippen molar-refractivity contribution < 1.29 is 13.3 Å². The molecule has 3 rings (SSSR count). The van der Waals surface area contributed by atoms with E-state index in [9.17, 15) is 4.39 Å². The summed E-state index contributed by atoms with van der Waals surface area (Å²) in [4.78, 5) is 8.53. The third kappa shape index (κ3) is 4.19. The number of thioether (sulfide) groups is 1. The molecule has 0 unspecified atom stereocenters.